The van der Waals surface area contributed by atoms with Gasteiger partial charge in [0.2, 0.25) is 0 Å². The number of amides is 3. The number of urea groups is 1. The standard InChI is InChI=1S/C21H25N3O4/c1-12-8-9-18-16(10-12)17(11-13(2)22-18)20(26)28-14(3)19(25)24-21(27)23-15-6-4-5-7-15/h8-11,14-15H,4-7H2,1-3H3,(H2,23,24,25,27). The van der Waals surface area contributed by atoms with E-state index in [0.717, 1.165) is 31.2 Å². The molecule has 2 aromatic rings. The zero-order valence-corrected chi connectivity index (χ0v) is 16.4. The van der Waals surface area contributed by atoms with Gasteiger partial charge in [0.1, 0.15) is 0 Å². The molecule has 1 saturated carbocycles. The molecule has 28 heavy (non-hydrogen) atoms. The normalized spacial score (nSPS) is 15.2. The first-order chi connectivity index (χ1) is 13.3. The van der Waals surface area contributed by atoms with Crippen LogP contribution in [0.2, 0.25) is 0 Å². The van der Waals surface area contributed by atoms with Crippen LogP contribution in [0.5, 0.6) is 0 Å². The van der Waals surface area contributed by atoms with Crippen molar-refractivity contribution >= 4 is 28.8 Å². The Morgan fingerprint density at radius 3 is 2.57 bits per heavy atom. The summed E-state index contributed by atoms with van der Waals surface area (Å²) in [6.07, 6.45) is 2.88. The quantitative estimate of drug-likeness (QED) is 0.791. The SMILES string of the molecule is Cc1ccc2nc(C)cc(C(=O)OC(C)C(=O)NC(=O)NC3CCCC3)c2c1. The van der Waals surface area contributed by atoms with Gasteiger partial charge >= 0.3 is 12.0 Å². The molecule has 0 radical (unpaired) electrons. The van der Waals surface area contributed by atoms with E-state index in [1.165, 1.54) is 6.92 Å². The number of nitrogens with zero attached hydrogens (tertiary/aromatic N) is 1. The van der Waals surface area contributed by atoms with Crippen LogP contribution in [0.4, 0.5) is 4.79 Å². The average Bonchev–Trinajstić information content (AvgIpc) is 3.14. The molecule has 0 spiro atoms. The van der Waals surface area contributed by atoms with E-state index in [-0.39, 0.29) is 6.04 Å². The molecule has 3 rings (SSSR count). The highest BCUT2D eigenvalue weighted by Crippen LogP contribution is 2.21. The van der Waals surface area contributed by atoms with Gasteiger partial charge < -0.3 is 10.1 Å². The zero-order chi connectivity index (χ0) is 20.3. The number of nitrogens with one attached hydrogen (secondary N) is 2. The molecule has 1 aliphatic carbocycles. The van der Waals surface area contributed by atoms with Crippen molar-refractivity contribution in [1.29, 1.82) is 0 Å². The van der Waals surface area contributed by atoms with Crippen LogP contribution in [0.25, 0.3) is 10.9 Å². The summed E-state index contributed by atoms with van der Waals surface area (Å²) in [5, 5.41) is 5.68. The summed E-state index contributed by atoms with van der Waals surface area (Å²) in [5.41, 5.74) is 2.70. The maximum atomic E-state index is 12.7. The fraction of sp³-hybridized carbons (Fsp3) is 0.429. The summed E-state index contributed by atoms with van der Waals surface area (Å²) in [6.45, 7) is 5.16. The molecule has 0 aliphatic heterocycles. The van der Waals surface area contributed by atoms with Crippen LogP contribution in [0.1, 0.15) is 54.2 Å². The minimum Gasteiger partial charge on any atom is -0.449 e. The molecule has 148 valence electrons. The van der Waals surface area contributed by atoms with Crippen LogP contribution in [-0.2, 0) is 9.53 Å². The molecule has 1 aromatic carbocycles. The molecule has 0 saturated heterocycles. The van der Waals surface area contributed by atoms with Gasteiger partial charge in [0.15, 0.2) is 6.10 Å². The van der Waals surface area contributed by atoms with E-state index in [9.17, 15) is 14.4 Å². The van der Waals surface area contributed by atoms with E-state index < -0.39 is 24.0 Å². The lowest BCUT2D eigenvalue weighted by molar-refractivity contribution is -0.127. The smallest absolute Gasteiger partial charge is 0.339 e. The number of ether oxygens (including phenoxy) is 1. The fourth-order valence-electron chi connectivity index (χ4n) is 3.42. The van der Waals surface area contributed by atoms with Crippen LogP contribution in [0.3, 0.4) is 0 Å². The van der Waals surface area contributed by atoms with Gasteiger partial charge in [0, 0.05) is 17.1 Å². The van der Waals surface area contributed by atoms with Gasteiger partial charge in [0.25, 0.3) is 5.91 Å². The summed E-state index contributed by atoms with van der Waals surface area (Å²) >= 11 is 0. The van der Waals surface area contributed by atoms with Gasteiger partial charge in [0.05, 0.1) is 11.1 Å². The first kappa shape index (κ1) is 19.8. The second kappa shape index (κ2) is 8.37. The lowest BCUT2D eigenvalue weighted by Gasteiger charge is -2.16. The van der Waals surface area contributed by atoms with E-state index in [1.807, 2.05) is 25.1 Å². The molecule has 1 atom stereocenters. The Balaban J connectivity index is 1.66. The van der Waals surface area contributed by atoms with E-state index in [2.05, 4.69) is 15.6 Å². The highest BCUT2D eigenvalue weighted by atomic mass is 16.5. The van der Waals surface area contributed by atoms with Crippen molar-refractivity contribution in [3.05, 3.63) is 41.1 Å². The topological polar surface area (TPSA) is 97.4 Å². The Morgan fingerprint density at radius 1 is 1.14 bits per heavy atom. The van der Waals surface area contributed by atoms with Crippen molar-refractivity contribution in [2.45, 2.75) is 58.6 Å². The maximum absolute atomic E-state index is 12.7. The number of carbonyl (C=O) groups is 3. The number of benzene rings is 1. The van der Waals surface area contributed by atoms with Crippen LogP contribution in [-0.4, -0.2) is 35.0 Å². The van der Waals surface area contributed by atoms with Crippen LogP contribution in [0, 0.1) is 13.8 Å². The van der Waals surface area contributed by atoms with Crippen molar-refractivity contribution in [1.82, 2.24) is 15.6 Å². The minimum atomic E-state index is -1.10. The highest BCUT2D eigenvalue weighted by molar-refractivity contribution is 6.05. The number of rotatable bonds is 4. The molecule has 1 aromatic heterocycles. The van der Waals surface area contributed by atoms with E-state index >= 15 is 0 Å². The van der Waals surface area contributed by atoms with E-state index in [0.29, 0.717) is 22.2 Å². The van der Waals surface area contributed by atoms with Gasteiger partial charge in [-0.3, -0.25) is 15.1 Å². The number of aromatic nitrogens is 1. The first-order valence-electron chi connectivity index (χ1n) is 9.54. The molecule has 1 fully saturated rings. The predicted molar refractivity (Wildman–Crippen MR) is 105 cm³/mol. The van der Waals surface area contributed by atoms with Gasteiger partial charge in [-0.15, -0.1) is 0 Å². The first-order valence-corrected chi connectivity index (χ1v) is 9.54. The third-order valence-electron chi connectivity index (χ3n) is 4.89. The molecule has 7 heteroatoms. The zero-order valence-electron chi connectivity index (χ0n) is 16.4. The second-order valence-electron chi connectivity index (χ2n) is 7.32. The number of pyridine rings is 1. The third kappa shape index (κ3) is 4.65. The van der Waals surface area contributed by atoms with Crippen LogP contribution >= 0.6 is 0 Å². The second-order valence-corrected chi connectivity index (χ2v) is 7.32. The summed E-state index contributed by atoms with van der Waals surface area (Å²) in [7, 11) is 0. The van der Waals surface area contributed by atoms with Gasteiger partial charge in [-0.1, -0.05) is 24.5 Å². The lowest BCUT2D eigenvalue weighted by atomic mass is 10.1. The average molecular weight is 383 g/mol. The number of carbonyl (C=O) groups excluding carboxylic acids is 3. The predicted octanol–water partition coefficient (Wildman–Crippen LogP) is 3.17. The van der Waals surface area contributed by atoms with Gasteiger partial charge in [-0.05, 0) is 51.8 Å². The van der Waals surface area contributed by atoms with Crippen molar-refractivity contribution in [3.8, 4) is 0 Å². The summed E-state index contributed by atoms with van der Waals surface area (Å²) in [4.78, 5) is 41.2. The summed E-state index contributed by atoms with van der Waals surface area (Å²) < 4.78 is 5.31. The molecule has 1 heterocycles. The summed E-state index contributed by atoms with van der Waals surface area (Å²) in [5.74, 6) is -1.28. The molecule has 2 N–H and O–H groups in total. The Hall–Kier alpha value is -2.96. The third-order valence-corrected chi connectivity index (χ3v) is 4.89. The van der Waals surface area contributed by atoms with Crippen molar-refractivity contribution in [3.63, 3.8) is 0 Å². The monoisotopic (exact) mass is 383 g/mol. The molecule has 1 aliphatic rings. The molecular weight excluding hydrogens is 358 g/mol. The minimum absolute atomic E-state index is 0.0973. The lowest BCUT2D eigenvalue weighted by Crippen LogP contribution is -2.47. The van der Waals surface area contributed by atoms with Crippen molar-refractivity contribution < 1.29 is 19.1 Å². The summed E-state index contributed by atoms with van der Waals surface area (Å²) in [6, 6.07) is 6.81. The number of esters is 1. The van der Waals surface area contributed by atoms with Crippen LogP contribution in [0.15, 0.2) is 24.3 Å². The number of hydrogen-bond acceptors (Lipinski definition) is 5. The Labute approximate surface area is 163 Å². The molecule has 1 unspecified atom stereocenters. The Kier molecular flexibility index (Phi) is 5.92. The number of imide groups is 1. The van der Waals surface area contributed by atoms with Gasteiger partial charge in [-0.2, -0.15) is 0 Å². The Bertz CT molecular complexity index is 919. The molecular formula is C21H25N3O4. The Morgan fingerprint density at radius 2 is 1.86 bits per heavy atom. The van der Waals surface area contributed by atoms with Crippen LogP contribution < -0.4 is 10.6 Å². The van der Waals surface area contributed by atoms with Gasteiger partial charge in [-0.25, -0.2) is 9.59 Å². The van der Waals surface area contributed by atoms with Crippen molar-refractivity contribution in [2.24, 2.45) is 0 Å². The number of hydrogen-bond donors (Lipinski definition) is 2. The fourth-order valence-corrected chi connectivity index (χ4v) is 3.42. The number of aryl methyl sites for hydroxylation is 2. The molecule has 0 bridgehead atoms. The largest absolute Gasteiger partial charge is 0.449 e. The highest BCUT2D eigenvalue weighted by Gasteiger charge is 2.24. The number of fused-ring (bicyclic) bond motifs is 1. The maximum Gasteiger partial charge on any atom is 0.339 e. The molecule has 3 amide bonds. The molecule has 7 nitrogen and oxygen atoms in total. The van der Waals surface area contributed by atoms with E-state index in [4.69, 9.17) is 4.74 Å². The van der Waals surface area contributed by atoms with E-state index in [1.54, 1.807) is 13.0 Å². The van der Waals surface area contributed by atoms with Crippen molar-refractivity contribution in [2.75, 3.05) is 0 Å².